The van der Waals surface area contributed by atoms with E-state index in [1.54, 1.807) is 43.9 Å². The smallest absolute Gasteiger partial charge is 0.372 e. The number of benzene rings is 2. The molecule has 3 aromatic rings. The average Bonchev–Trinajstić information content (AvgIpc) is 2.86. The maximum Gasteiger partial charge on any atom is 0.416 e. The van der Waals surface area contributed by atoms with Crippen LogP contribution < -0.4 is 9.62 Å². The van der Waals surface area contributed by atoms with Gasteiger partial charge in [-0.3, -0.25) is 9.97 Å². The predicted molar refractivity (Wildman–Crippen MR) is 144 cm³/mol. The molecule has 0 aliphatic carbocycles. The van der Waals surface area contributed by atoms with Crippen molar-refractivity contribution in [1.29, 1.82) is 0 Å². The fourth-order valence-corrected chi connectivity index (χ4v) is 6.13. The third kappa shape index (κ3) is 7.35. The highest BCUT2D eigenvalue weighted by Crippen LogP contribution is 2.33. The summed E-state index contributed by atoms with van der Waals surface area (Å²) in [6.45, 7) is 8.22. The van der Waals surface area contributed by atoms with E-state index in [0.717, 1.165) is 11.6 Å². The highest BCUT2D eigenvalue weighted by Gasteiger charge is 2.32. The van der Waals surface area contributed by atoms with Crippen LogP contribution in [-0.2, 0) is 27.5 Å². The van der Waals surface area contributed by atoms with Gasteiger partial charge < -0.3 is 9.64 Å². The minimum Gasteiger partial charge on any atom is -0.372 e. The zero-order valence-corrected chi connectivity index (χ0v) is 23.5. The molecule has 1 aliphatic heterocycles. The van der Waals surface area contributed by atoms with Crippen molar-refractivity contribution in [2.24, 2.45) is 0 Å². The number of rotatable bonds is 7. The van der Waals surface area contributed by atoms with Gasteiger partial charge in [0.2, 0.25) is 10.0 Å². The van der Waals surface area contributed by atoms with Crippen molar-refractivity contribution in [1.82, 2.24) is 14.7 Å². The van der Waals surface area contributed by atoms with E-state index >= 15 is 0 Å². The topological polar surface area (TPSA) is 84.4 Å². The van der Waals surface area contributed by atoms with E-state index in [1.165, 1.54) is 18.5 Å². The van der Waals surface area contributed by atoms with Gasteiger partial charge in [-0.25, -0.2) is 17.5 Å². The zero-order valence-electron chi connectivity index (χ0n) is 22.7. The first-order valence-corrected chi connectivity index (χ1v) is 14.3. The van der Waals surface area contributed by atoms with Gasteiger partial charge in [-0.05, 0) is 70.9 Å². The summed E-state index contributed by atoms with van der Waals surface area (Å²) in [7, 11) is -3.80. The highest BCUT2D eigenvalue weighted by molar-refractivity contribution is 7.89. The third-order valence-corrected chi connectivity index (χ3v) is 8.19. The molecule has 0 saturated carbocycles. The van der Waals surface area contributed by atoms with Gasteiger partial charge in [0.1, 0.15) is 5.82 Å². The standard InChI is InChI=1S/C28H32F4N4O3S/c1-18-5-8-26(40(37,38)35-27(2,3)4)22(13-18)24-16-33-20(15-34-24)17-39-21-9-11-36(12-10-21)25-7-6-19(14-23(25)29)28(30,31)32/h5-8,13-16,21,35H,9-12,17H2,1-4H3. The normalized spacial score (nSPS) is 15.4. The van der Waals surface area contributed by atoms with Crippen LogP contribution in [0.4, 0.5) is 23.2 Å². The number of alkyl halides is 3. The molecular weight excluding hydrogens is 548 g/mol. The van der Waals surface area contributed by atoms with Gasteiger partial charge in [-0.2, -0.15) is 13.2 Å². The van der Waals surface area contributed by atoms with E-state index < -0.39 is 33.1 Å². The Labute approximate surface area is 231 Å². The van der Waals surface area contributed by atoms with Crippen molar-refractivity contribution in [3.8, 4) is 11.3 Å². The quantitative estimate of drug-likeness (QED) is 0.352. The molecule has 0 amide bonds. The van der Waals surface area contributed by atoms with Gasteiger partial charge in [0, 0.05) is 24.2 Å². The van der Waals surface area contributed by atoms with Crippen molar-refractivity contribution in [3.05, 3.63) is 71.4 Å². The van der Waals surface area contributed by atoms with Gasteiger partial charge in [-0.15, -0.1) is 0 Å². The van der Waals surface area contributed by atoms with Crippen LogP contribution in [0.5, 0.6) is 0 Å². The second kappa shape index (κ2) is 11.4. The van der Waals surface area contributed by atoms with Gasteiger partial charge in [-0.1, -0.05) is 11.6 Å². The van der Waals surface area contributed by atoms with Gasteiger partial charge in [0.25, 0.3) is 0 Å². The summed E-state index contributed by atoms with van der Waals surface area (Å²) >= 11 is 0. The lowest BCUT2D eigenvalue weighted by Crippen LogP contribution is -2.40. The lowest BCUT2D eigenvalue weighted by molar-refractivity contribution is -0.137. The van der Waals surface area contributed by atoms with Crippen molar-refractivity contribution in [2.75, 3.05) is 18.0 Å². The Morgan fingerprint density at radius 3 is 2.30 bits per heavy atom. The molecule has 1 saturated heterocycles. The lowest BCUT2D eigenvalue weighted by atomic mass is 10.1. The van der Waals surface area contributed by atoms with Gasteiger partial charge >= 0.3 is 6.18 Å². The third-order valence-electron chi connectivity index (χ3n) is 6.37. The molecule has 1 aliphatic rings. The maximum absolute atomic E-state index is 14.3. The molecule has 0 radical (unpaired) electrons. The number of nitrogens with one attached hydrogen (secondary N) is 1. The van der Waals surface area contributed by atoms with Crippen LogP contribution in [-0.4, -0.2) is 43.1 Å². The summed E-state index contributed by atoms with van der Waals surface area (Å²) in [4.78, 5) is 10.7. The molecular formula is C28H32F4N4O3S. The molecule has 0 unspecified atom stereocenters. The average molecular weight is 581 g/mol. The summed E-state index contributed by atoms with van der Waals surface area (Å²) in [5.74, 6) is -0.900. The molecule has 40 heavy (non-hydrogen) atoms. The van der Waals surface area contributed by atoms with E-state index in [2.05, 4.69) is 14.7 Å². The Morgan fingerprint density at radius 1 is 1.02 bits per heavy atom. The number of halogens is 4. The first-order valence-electron chi connectivity index (χ1n) is 12.8. The summed E-state index contributed by atoms with van der Waals surface area (Å²) in [5, 5.41) is 0. The number of hydrogen-bond donors (Lipinski definition) is 1. The zero-order chi connectivity index (χ0) is 29.3. The number of hydrogen-bond acceptors (Lipinski definition) is 6. The molecule has 7 nitrogen and oxygen atoms in total. The minimum absolute atomic E-state index is 0.113. The summed E-state index contributed by atoms with van der Waals surface area (Å²) in [5.41, 5.74) is 0.763. The minimum atomic E-state index is -4.59. The Morgan fingerprint density at radius 2 is 1.73 bits per heavy atom. The lowest BCUT2D eigenvalue weighted by Gasteiger charge is -2.33. The molecule has 12 heteroatoms. The summed E-state index contributed by atoms with van der Waals surface area (Å²) in [6, 6.07) is 7.62. The van der Waals surface area contributed by atoms with Gasteiger partial charge in [0.15, 0.2) is 0 Å². The van der Waals surface area contributed by atoms with Crippen molar-refractivity contribution >= 4 is 15.7 Å². The highest BCUT2D eigenvalue weighted by atomic mass is 32.2. The van der Waals surface area contributed by atoms with E-state index in [9.17, 15) is 26.0 Å². The van der Waals surface area contributed by atoms with Crippen LogP contribution >= 0.6 is 0 Å². The maximum atomic E-state index is 14.3. The molecule has 1 aromatic heterocycles. The fraction of sp³-hybridized carbons (Fsp3) is 0.429. The summed E-state index contributed by atoms with van der Waals surface area (Å²) in [6.07, 6.45) is -0.538. The van der Waals surface area contributed by atoms with Crippen LogP contribution in [0.15, 0.2) is 53.7 Å². The molecule has 0 spiro atoms. The first kappa shape index (κ1) is 29.9. The van der Waals surface area contributed by atoms with Crippen LogP contribution in [0, 0.1) is 12.7 Å². The van der Waals surface area contributed by atoms with Crippen molar-refractivity contribution in [2.45, 2.75) is 69.9 Å². The van der Waals surface area contributed by atoms with Gasteiger partial charge in [0.05, 0.1) is 52.6 Å². The molecule has 0 bridgehead atoms. The number of ether oxygens (including phenoxy) is 1. The largest absolute Gasteiger partial charge is 0.416 e. The summed E-state index contributed by atoms with van der Waals surface area (Å²) < 4.78 is 87.5. The molecule has 2 heterocycles. The van der Waals surface area contributed by atoms with E-state index in [0.29, 0.717) is 48.9 Å². The SMILES string of the molecule is Cc1ccc(S(=O)(=O)NC(C)(C)C)c(-c2cnc(COC3CCN(c4ccc(C(F)(F)F)cc4F)CC3)cn2)c1. The number of aryl methyl sites for hydroxylation is 1. The Balaban J connectivity index is 1.38. The van der Waals surface area contributed by atoms with Crippen molar-refractivity contribution in [3.63, 3.8) is 0 Å². The Bertz CT molecular complexity index is 1450. The monoisotopic (exact) mass is 580 g/mol. The first-order chi connectivity index (χ1) is 18.6. The van der Waals surface area contributed by atoms with Crippen LogP contribution in [0.1, 0.15) is 50.4 Å². The number of aromatic nitrogens is 2. The van der Waals surface area contributed by atoms with E-state index in [-0.39, 0.29) is 23.3 Å². The number of anilines is 1. The number of sulfonamides is 1. The second-order valence-electron chi connectivity index (χ2n) is 10.9. The fourth-order valence-electron chi connectivity index (χ4n) is 4.51. The molecule has 216 valence electrons. The molecule has 1 fully saturated rings. The Hall–Kier alpha value is -3.09. The van der Waals surface area contributed by atoms with Crippen LogP contribution in [0.25, 0.3) is 11.3 Å². The number of nitrogens with zero attached hydrogens (tertiary/aromatic N) is 3. The second-order valence-corrected chi connectivity index (χ2v) is 12.6. The van der Waals surface area contributed by atoms with Crippen LogP contribution in [0.2, 0.25) is 0 Å². The predicted octanol–water partition coefficient (Wildman–Crippen LogP) is 5.87. The molecule has 1 N–H and O–H groups in total. The Kier molecular flexibility index (Phi) is 8.53. The van der Waals surface area contributed by atoms with E-state index in [1.807, 2.05) is 6.92 Å². The van der Waals surface area contributed by atoms with Crippen molar-refractivity contribution < 1.29 is 30.7 Å². The number of piperidine rings is 1. The van der Waals surface area contributed by atoms with E-state index in [4.69, 9.17) is 4.74 Å². The van der Waals surface area contributed by atoms with Crippen LogP contribution in [0.3, 0.4) is 0 Å². The molecule has 0 atom stereocenters. The molecule has 4 rings (SSSR count). The molecule has 2 aromatic carbocycles.